The van der Waals surface area contributed by atoms with Crippen LogP contribution in [0.25, 0.3) is 22.3 Å². The van der Waals surface area contributed by atoms with Crippen LogP contribution in [0.3, 0.4) is 0 Å². The average Bonchev–Trinajstić information content (AvgIpc) is 3.08. The van der Waals surface area contributed by atoms with Crippen molar-refractivity contribution < 1.29 is 13.9 Å². The SMILES string of the molecule is Nc1ncnc2c1c(-c1cc(O)cc(F)c1)nn2C1CCc2c(F)cccc2C1. The number of anilines is 1. The molecule has 2 aromatic carbocycles. The highest BCUT2D eigenvalue weighted by Crippen LogP contribution is 2.37. The van der Waals surface area contributed by atoms with E-state index in [1.807, 2.05) is 6.07 Å². The zero-order valence-electron chi connectivity index (χ0n) is 15.3. The first-order chi connectivity index (χ1) is 14.0. The number of nitrogens with zero attached hydrogens (tertiary/aromatic N) is 4. The number of aromatic nitrogens is 4. The molecule has 0 spiro atoms. The lowest BCUT2D eigenvalue weighted by molar-refractivity contribution is 0.408. The molecule has 0 fully saturated rings. The van der Waals surface area contributed by atoms with Gasteiger partial charge in [0.05, 0.1) is 11.4 Å². The second-order valence-electron chi connectivity index (χ2n) is 7.22. The molecule has 0 aliphatic heterocycles. The first-order valence-corrected chi connectivity index (χ1v) is 9.26. The van der Waals surface area contributed by atoms with Crippen LogP contribution in [0.15, 0.2) is 42.7 Å². The summed E-state index contributed by atoms with van der Waals surface area (Å²) in [5.41, 5.74) is 9.10. The summed E-state index contributed by atoms with van der Waals surface area (Å²) in [5.74, 6) is -0.753. The van der Waals surface area contributed by atoms with Crippen LogP contribution in [-0.4, -0.2) is 24.9 Å². The molecule has 0 radical (unpaired) electrons. The number of phenolic OH excluding ortho intramolecular Hbond substituents is 1. The minimum absolute atomic E-state index is 0.0583. The van der Waals surface area contributed by atoms with Crippen molar-refractivity contribution in [1.29, 1.82) is 0 Å². The largest absolute Gasteiger partial charge is 0.508 e. The van der Waals surface area contributed by atoms with Gasteiger partial charge in [0.25, 0.3) is 0 Å². The van der Waals surface area contributed by atoms with Gasteiger partial charge in [-0.15, -0.1) is 0 Å². The lowest BCUT2D eigenvalue weighted by Gasteiger charge is -2.25. The molecule has 1 atom stereocenters. The van der Waals surface area contributed by atoms with E-state index in [9.17, 15) is 13.9 Å². The summed E-state index contributed by atoms with van der Waals surface area (Å²) in [6.45, 7) is 0. The number of phenols is 1. The van der Waals surface area contributed by atoms with Gasteiger partial charge in [-0.25, -0.2) is 23.4 Å². The molecule has 8 heteroatoms. The van der Waals surface area contributed by atoms with Crippen molar-refractivity contribution in [3.8, 4) is 17.0 Å². The molecule has 0 amide bonds. The standard InChI is InChI=1S/C21H17F2N5O/c22-13-6-12(8-15(29)9-13)19-18-20(24)25-10-26-21(18)28(27-19)14-4-5-16-11(7-14)2-1-3-17(16)23/h1-3,6,8-10,14,29H,4-5,7H2,(H2,24,25,26). The van der Waals surface area contributed by atoms with Gasteiger partial charge in [-0.3, -0.25) is 0 Å². The molecule has 2 aromatic heterocycles. The number of hydrogen-bond acceptors (Lipinski definition) is 5. The number of aromatic hydroxyl groups is 1. The molecule has 0 bridgehead atoms. The fourth-order valence-corrected chi connectivity index (χ4v) is 4.11. The summed E-state index contributed by atoms with van der Waals surface area (Å²) in [4.78, 5) is 8.41. The molecule has 29 heavy (non-hydrogen) atoms. The highest BCUT2D eigenvalue weighted by Gasteiger charge is 2.27. The van der Waals surface area contributed by atoms with Crippen LogP contribution >= 0.6 is 0 Å². The van der Waals surface area contributed by atoms with Crippen LogP contribution in [0, 0.1) is 11.6 Å². The molecule has 1 aliphatic rings. The molecular weight excluding hydrogens is 376 g/mol. The third-order valence-corrected chi connectivity index (χ3v) is 5.42. The van der Waals surface area contributed by atoms with Crippen molar-refractivity contribution in [1.82, 2.24) is 19.7 Å². The predicted octanol–water partition coefficient (Wildman–Crippen LogP) is 3.79. The number of benzene rings is 2. The van der Waals surface area contributed by atoms with E-state index in [4.69, 9.17) is 5.73 Å². The Morgan fingerprint density at radius 3 is 2.83 bits per heavy atom. The fourth-order valence-electron chi connectivity index (χ4n) is 4.11. The fraction of sp³-hybridized carbons (Fsp3) is 0.190. The number of nitrogens with two attached hydrogens (primary N) is 1. The van der Waals surface area contributed by atoms with Gasteiger partial charge in [-0.2, -0.15) is 5.10 Å². The Labute approximate surface area is 164 Å². The summed E-state index contributed by atoms with van der Waals surface area (Å²) in [6.07, 6.45) is 3.23. The first-order valence-electron chi connectivity index (χ1n) is 9.26. The van der Waals surface area contributed by atoms with E-state index in [2.05, 4.69) is 15.1 Å². The zero-order valence-corrected chi connectivity index (χ0v) is 15.3. The molecule has 6 nitrogen and oxygen atoms in total. The normalized spacial score (nSPS) is 16.1. The first kappa shape index (κ1) is 17.5. The minimum Gasteiger partial charge on any atom is -0.508 e. The highest BCUT2D eigenvalue weighted by molar-refractivity contribution is 5.98. The highest BCUT2D eigenvalue weighted by atomic mass is 19.1. The van der Waals surface area contributed by atoms with Gasteiger partial charge in [-0.05, 0) is 48.6 Å². The Morgan fingerprint density at radius 1 is 1.14 bits per heavy atom. The van der Waals surface area contributed by atoms with E-state index in [0.717, 1.165) is 17.2 Å². The molecule has 0 saturated heterocycles. The Hall–Kier alpha value is -3.55. The predicted molar refractivity (Wildman–Crippen MR) is 104 cm³/mol. The van der Waals surface area contributed by atoms with Gasteiger partial charge in [0, 0.05) is 11.6 Å². The van der Waals surface area contributed by atoms with Crippen molar-refractivity contribution in [2.24, 2.45) is 0 Å². The monoisotopic (exact) mass is 393 g/mol. The van der Waals surface area contributed by atoms with Crippen molar-refractivity contribution >= 4 is 16.9 Å². The van der Waals surface area contributed by atoms with Crippen LogP contribution < -0.4 is 5.73 Å². The van der Waals surface area contributed by atoms with Crippen LogP contribution in [-0.2, 0) is 12.8 Å². The third-order valence-electron chi connectivity index (χ3n) is 5.42. The molecule has 3 N–H and O–H groups in total. The van der Waals surface area contributed by atoms with E-state index in [1.165, 1.54) is 24.5 Å². The summed E-state index contributed by atoms with van der Waals surface area (Å²) < 4.78 is 29.7. The van der Waals surface area contributed by atoms with Crippen LogP contribution in [0.5, 0.6) is 5.75 Å². The van der Waals surface area contributed by atoms with Crippen molar-refractivity contribution in [2.45, 2.75) is 25.3 Å². The third kappa shape index (κ3) is 2.88. The van der Waals surface area contributed by atoms with Gasteiger partial charge >= 0.3 is 0 Å². The van der Waals surface area contributed by atoms with Crippen LogP contribution in [0.2, 0.25) is 0 Å². The lowest BCUT2D eigenvalue weighted by atomic mass is 9.88. The maximum atomic E-state index is 14.1. The van der Waals surface area contributed by atoms with Gasteiger partial charge in [0.15, 0.2) is 5.65 Å². The smallest absolute Gasteiger partial charge is 0.164 e. The minimum atomic E-state index is -0.583. The summed E-state index contributed by atoms with van der Waals surface area (Å²) in [5, 5.41) is 15.0. The second kappa shape index (κ2) is 6.51. The van der Waals surface area contributed by atoms with E-state index in [-0.39, 0.29) is 23.4 Å². The van der Waals surface area contributed by atoms with E-state index < -0.39 is 5.82 Å². The second-order valence-corrected chi connectivity index (χ2v) is 7.22. The Bertz CT molecular complexity index is 1230. The maximum Gasteiger partial charge on any atom is 0.164 e. The van der Waals surface area contributed by atoms with Crippen LogP contribution in [0.4, 0.5) is 14.6 Å². The van der Waals surface area contributed by atoms with Crippen molar-refractivity contribution in [3.05, 3.63) is 65.5 Å². The molecule has 1 unspecified atom stereocenters. The van der Waals surface area contributed by atoms with Gasteiger partial charge < -0.3 is 10.8 Å². The summed E-state index contributed by atoms with van der Waals surface area (Å²) >= 11 is 0. The van der Waals surface area contributed by atoms with E-state index in [1.54, 1.807) is 10.7 Å². The summed E-state index contributed by atoms with van der Waals surface area (Å²) in [7, 11) is 0. The van der Waals surface area contributed by atoms with E-state index >= 15 is 0 Å². The number of hydrogen-bond donors (Lipinski definition) is 2. The van der Waals surface area contributed by atoms with Gasteiger partial charge in [-0.1, -0.05) is 12.1 Å². The molecular formula is C21H17F2N5O. The molecule has 146 valence electrons. The quantitative estimate of drug-likeness (QED) is 0.541. The topological polar surface area (TPSA) is 89.8 Å². The number of rotatable bonds is 2. The summed E-state index contributed by atoms with van der Waals surface area (Å²) in [6, 6.07) is 8.78. The van der Waals surface area contributed by atoms with Gasteiger partial charge in [0.2, 0.25) is 0 Å². The Kier molecular flexibility index (Phi) is 3.94. The number of nitrogen functional groups attached to an aromatic ring is 1. The van der Waals surface area contributed by atoms with Crippen molar-refractivity contribution in [2.75, 3.05) is 5.73 Å². The lowest BCUT2D eigenvalue weighted by Crippen LogP contribution is -2.20. The molecule has 2 heterocycles. The Balaban J connectivity index is 1.67. The zero-order chi connectivity index (χ0) is 20.1. The number of halogens is 2. The molecule has 4 aromatic rings. The molecule has 5 rings (SSSR count). The van der Waals surface area contributed by atoms with Crippen molar-refractivity contribution in [3.63, 3.8) is 0 Å². The van der Waals surface area contributed by atoms with Gasteiger partial charge in [0.1, 0.15) is 35.2 Å². The van der Waals surface area contributed by atoms with E-state index in [0.29, 0.717) is 41.6 Å². The average molecular weight is 393 g/mol. The number of fused-ring (bicyclic) bond motifs is 2. The van der Waals surface area contributed by atoms with Crippen LogP contribution in [0.1, 0.15) is 23.6 Å². The maximum absolute atomic E-state index is 14.1. The molecule has 1 aliphatic carbocycles. The Morgan fingerprint density at radius 2 is 2.00 bits per heavy atom. The molecule has 0 saturated carbocycles.